The topological polar surface area (TPSA) is 78.3 Å². The van der Waals surface area contributed by atoms with Crippen LogP contribution >= 0.6 is 0 Å². The van der Waals surface area contributed by atoms with Crippen molar-refractivity contribution >= 4 is 5.97 Å². The summed E-state index contributed by atoms with van der Waals surface area (Å²) in [7, 11) is 3.03. The molecule has 1 unspecified atom stereocenters. The van der Waals surface area contributed by atoms with E-state index in [1.165, 1.54) is 7.11 Å². The Morgan fingerprint density at radius 3 is 2.75 bits per heavy atom. The van der Waals surface area contributed by atoms with Crippen LogP contribution in [0.25, 0.3) is 0 Å². The number of nitrogens with zero attached hydrogens (tertiary/aromatic N) is 3. The van der Waals surface area contributed by atoms with Gasteiger partial charge in [-0.2, -0.15) is 0 Å². The number of piperidine rings is 1. The lowest BCUT2D eigenvalue weighted by molar-refractivity contribution is 0.0591. The van der Waals surface area contributed by atoms with Crippen LogP contribution in [0, 0.1) is 0 Å². The minimum Gasteiger partial charge on any atom is -0.464 e. The van der Waals surface area contributed by atoms with Gasteiger partial charge in [0.2, 0.25) is 0 Å². The van der Waals surface area contributed by atoms with Crippen molar-refractivity contribution in [3.05, 3.63) is 11.4 Å². The molecule has 0 bridgehead atoms. The largest absolute Gasteiger partial charge is 0.464 e. The number of carbonyl (C=O) groups is 1. The highest BCUT2D eigenvalue weighted by Crippen LogP contribution is 2.27. The zero-order valence-corrected chi connectivity index (χ0v) is 12.3. The van der Waals surface area contributed by atoms with Crippen LogP contribution in [0.3, 0.4) is 0 Å². The maximum absolute atomic E-state index is 11.9. The molecule has 0 aromatic carbocycles. The lowest BCUT2D eigenvalue weighted by atomic mass is 9.93. The van der Waals surface area contributed by atoms with Gasteiger partial charge >= 0.3 is 5.97 Å². The fourth-order valence-electron chi connectivity index (χ4n) is 2.51. The Bertz CT molecular complexity index is 454. The molecule has 1 aromatic heterocycles. The van der Waals surface area contributed by atoms with E-state index in [-0.39, 0.29) is 12.0 Å². The fourth-order valence-corrected chi connectivity index (χ4v) is 2.51. The molecule has 1 atom stereocenters. The number of hydrogen-bond acceptors (Lipinski definition) is 6. The van der Waals surface area contributed by atoms with E-state index in [0.717, 1.165) is 31.6 Å². The molecule has 1 aromatic rings. The fraction of sp³-hybridized carbons (Fsp3) is 0.769. The van der Waals surface area contributed by atoms with Crippen LogP contribution in [0.1, 0.15) is 41.9 Å². The molecule has 0 spiro atoms. The summed E-state index contributed by atoms with van der Waals surface area (Å²) < 4.78 is 11.9. The number of carbonyl (C=O) groups excluding carboxylic acids is 1. The van der Waals surface area contributed by atoms with Gasteiger partial charge < -0.3 is 14.8 Å². The van der Waals surface area contributed by atoms with Gasteiger partial charge in [0.15, 0.2) is 5.69 Å². The maximum Gasteiger partial charge on any atom is 0.360 e. The van der Waals surface area contributed by atoms with Crippen LogP contribution in [-0.4, -0.2) is 54.4 Å². The molecule has 1 aliphatic heterocycles. The Balaban J connectivity index is 2.31. The van der Waals surface area contributed by atoms with E-state index in [2.05, 4.69) is 15.6 Å². The van der Waals surface area contributed by atoms with Crippen LogP contribution in [0.5, 0.6) is 0 Å². The van der Waals surface area contributed by atoms with E-state index >= 15 is 0 Å². The molecule has 112 valence electrons. The van der Waals surface area contributed by atoms with E-state index in [1.54, 1.807) is 11.8 Å². The Morgan fingerprint density at radius 1 is 1.45 bits per heavy atom. The Labute approximate surface area is 118 Å². The first-order chi connectivity index (χ1) is 9.67. The van der Waals surface area contributed by atoms with Gasteiger partial charge in [0.05, 0.1) is 25.5 Å². The molecule has 1 N–H and O–H groups in total. The van der Waals surface area contributed by atoms with Crippen LogP contribution in [0.15, 0.2) is 0 Å². The van der Waals surface area contributed by atoms with Crippen molar-refractivity contribution in [2.24, 2.45) is 0 Å². The number of hydrogen-bond donors (Lipinski definition) is 1. The summed E-state index contributed by atoms with van der Waals surface area (Å²) in [6.45, 7) is 4.43. The minimum atomic E-state index is -0.421. The summed E-state index contributed by atoms with van der Waals surface area (Å²) in [5.74, 6) is -0.140. The second-order valence-electron chi connectivity index (χ2n) is 5.07. The van der Waals surface area contributed by atoms with Crippen molar-refractivity contribution in [2.75, 3.05) is 27.3 Å². The average molecular weight is 282 g/mol. The molecule has 20 heavy (non-hydrogen) atoms. The third-order valence-electron chi connectivity index (χ3n) is 3.71. The molecule has 1 fully saturated rings. The van der Waals surface area contributed by atoms with Crippen molar-refractivity contribution in [1.29, 1.82) is 0 Å². The van der Waals surface area contributed by atoms with Crippen LogP contribution in [0.2, 0.25) is 0 Å². The summed E-state index contributed by atoms with van der Waals surface area (Å²) >= 11 is 0. The Morgan fingerprint density at radius 2 is 2.15 bits per heavy atom. The van der Waals surface area contributed by atoms with Gasteiger partial charge in [-0.1, -0.05) is 5.21 Å². The van der Waals surface area contributed by atoms with Gasteiger partial charge in [-0.3, -0.25) is 0 Å². The van der Waals surface area contributed by atoms with E-state index in [9.17, 15) is 4.79 Å². The summed E-state index contributed by atoms with van der Waals surface area (Å²) in [4.78, 5) is 11.9. The van der Waals surface area contributed by atoms with E-state index in [0.29, 0.717) is 12.2 Å². The van der Waals surface area contributed by atoms with Crippen LogP contribution in [0.4, 0.5) is 0 Å². The highest BCUT2D eigenvalue weighted by atomic mass is 16.5. The monoisotopic (exact) mass is 282 g/mol. The molecule has 2 rings (SSSR count). The van der Waals surface area contributed by atoms with Crippen LogP contribution in [-0.2, 0) is 16.0 Å². The molecule has 0 saturated carbocycles. The summed E-state index contributed by atoms with van der Waals surface area (Å²) in [5, 5.41) is 11.4. The Kier molecular flexibility index (Phi) is 5.08. The first-order valence-electron chi connectivity index (χ1n) is 6.92. The Hall–Kier alpha value is -1.47. The number of esters is 1. The highest BCUT2D eigenvalue weighted by Gasteiger charge is 2.28. The number of rotatable bonds is 5. The first kappa shape index (κ1) is 14.9. The molecular formula is C13H22N4O3. The predicted octanol–water partition coefficient (Wildman–Crippen LogP) is 0.567. The number of aromatic nitrogens is 3. The zero-order valence-electron chi connectivity index (χ0n) is 12.3. The van der Waals surface area contributed by atoms with Crippen molar-refractivity contribution < 1.29 is 14.3 Å². The molecular weight excluding hydrogens is 260 g/mol. The van der Waals surface area contributed by atoms with Gasteiger partial charge in [0.1, 0.15) is 0 Å². The smallest absolute Gasteiger partial charge is 0.360 e. The van der Waals surface area contributed by atoms with E-state index < -0.39 is 5.97 Å². The standard InChI is InChI=1S/C13H22N4O3/c1-9(19-2)8-17-12(10-4-6-14-7-5-10)11(15-16-17)13(18)20-3/h9-10,14H,4-8H2,1-3H3. The van der Waals surface area contributed by atoms with Crippen LogP contribution < -0.4 is 5.32 Å². The molecule has 1 saturated heterocycles. The number of ether oxygens (including phenoxy) is 2. The van der Waals surface area contributed by atoms with Crippen molar-refractivity contribution in [1.82, 2.24) is 20.3 Å². The summed E-state index contributed by atoms with van der Waals surface area (Å²) in [6, 6.07) is 0. The molecule has 0 amide bonds. The molecule has 2 heterocycles. The SMILES string of the molecule is COC(=O)c1nnn(CC(C)OC)c1C1CCNCC1. The van der Waals surface area contributed by atoms with Gasteiger partial charge in [-0.15, -0.1) is 5.10 Å². The predicted molar refractivity (Wildman–Crippen MR) is 72.7 cm³/mol. The lowest BCUT2D eigenvalue weighted by Gasteiger charge is -2.24. The first-order valence-corrected chi connectivity index (χ1v) is 6.92. The quantitative estimate of drug-likeness (QED) is 0.795. The molecule has 0 radical (unpaired) electrons. The normalized spacial score (nSPS) is 17.9. The third kappa shape index (κ3) is 3.16. The maximum atomic E-state index is 11.9. The second-order valence-corrected chi connectivity index (χ2v) is 5.07. The van der Waals surface area contributed by atoms with E-state index in [1.807, 2.05) is 6.92 Å². The molecule has 7 nitrogen and oxygen atoms in total. The summed E-state index contributed by atoms with van der Waals surface area (Å²) in [6.07, 6.45) is 1.96. The zero-order chi connectivity index (χ0) is 14.5. The second kappa shape index (κ2) is 6.81. The van der Waals surface area contributed by atoms with E-state index in [4.69, 9.17) is 9.47 Å². The van der Waals surface area contributed by atoms with Gasteiger partial charge in [0, 0.05) is 13.0 Å². The number of nitrogens with one attached hydrogen (secondary N) is 1. The van der Waals surface area contributed by atoms with Crippen molar-refractivity contribution in [2.45, 2.75) is 38.3 Å². The third-order valence-corrected chi connectivity index (χ3v) is 3.71. The van der Waals surface area contributed by atoms with Crippen molar-refractivity contribution in [3.63, 3.8) is 0 Å². The van der Waals surface area contributed by atoms with Gasteiger partial charge in [-0.05, 0) is 32.9 Å². The van der Waals surface area contributed by atoms with Crippen molar-refractivity contribution in [3.8, 4) is 0 Å². The lowest BCUT2D eigenvalue weighted by Crippen LogP contribution is -2.29. The van der Waals surface area contributed by atoms with Gasteiger partial charge in [-0.25, -0.2) is 9.48 Å². The summed E-state index contributed by atoms with van der Waals surface area (Å²) in [5.41, 5.74) is 1.21. The molecule has 0 aliphatic carbocycles. The molecule has 1 aliphatic rings. The molecule has 7 heteroatoms. The highest BCUT2D eigenvalue weighted by molar-refractivity contribution is 5.88. The van der Waals surface area contributed by atoms with Gasteiger partial charge in [0.25, 0.3) is 0 Å². The number of methoxy groups -OCH3 is 2. The minimum absolute atomic E-state index is 0.0164. The average Bonchev–Trinajstić information content (AvgIpc) is 2.90.